The molecule has 1 aliphatic heterocycles. The summed E-state index contributed by atoms with van der Waals surface area (Å²) in [5.74, 6) is 1.54. The highest BCUT2D eigenvalue weighted by molar-refractivity contribution is 6.31. The summed E-state index contributed by atoms with van der Waals surface area (Å²) in [5.41, 5.74) is 3.24. The van der Waals surface area contributed by atoms with E-state index < -0.39 is 0 Å². The van der Waals surface area contributed by atoms with E-state index in [-0.39, 0.29) is 5.91 Å². The average Bonchev–Trinajstić information content (AvgIpc) is 3.36. The quantitative estimate of drug-likeness (QED) is 0.665. The predicted octanol–water partition coefficient (Wildman–Crippen LogP) is 3.99. The first-order chi connectivity index (χ1) is 13.6. The summed E-state index contributed by atoms with van der Waals surface area (Å²) in [4.78, 5) is 14.5. The Bertz CT molecular complexity index is 1040. The maximum absolute atomic E-state index is 12.7. The first-order valence-corrected chi connectivity index (χ1v) is 10.1. The predicted molar refractivity (Wildman–Crippen MR) is 106 cm³/mol. The van der Waals surface area contributed by atoms with Gasteiger partial charge in [0.05, 0.1) is 19.8 Å². The maximum Gasteiger partial charge on any atom is 0.274 e. The molecule has 1 aromatic carbocycles. The van der Waals surface area contributed by atoms with Crippen LogP contribution in [0.1, 0.15) is 46.3 Å². The Balaban J connectivity index is 1.44. The van der Waals surface area contributed by atoms with Gasteiger partial charge in [0, 0.05) is 40.7 Å². The van der Waals surface area contributed by atoms with Crippen molar-refractivity contribution < 1.29 is 13.9 Å². The Morgan fingerprint density at radius 1 is 1.21 bits per heavy atom. The Kier molecular flexibility index (Phi) is 4.40. The number of amides is 1. The smallest absolute Gasteiger partial charge is 0.274 e. The third-order valence-electron chi connectivity index (χ3n) is 5.48. The number of rotatable bonds is 4. The van der Waals surface area contributed by atoms with E-state index in [1.165, 1.54) is 12.8 Å². The molecule has 28 heavy (non-hydrogen) atoms. The van der Waals surface area contributed by atoms with Crippen molar-refractivity contribution in [2.75, 3.05) is 26.3 Å². The third kappa shape index (κ3) is 3.31. The van der Waals surface area contributed by atoms with Crippen molar-refractivity contribution in [1.29, 1.82) is 0 Å². The summed E-state index contributed by atoms with van der Waals surface area (Å²) in [6, 6.07) is 7.82. The van der Waals surface area contributed by atoms with Crippen LogP contribution in [-0.4, -0.2) is 46.9 Å². The number of halogens is 1. The molecule has 2 aliphatic rings. The van der Waals surface area contributed by atoms with E-state index in [9.17, 15) is 4.79 Å². The van der Waals surface area contributed by atoms with Crippen molar-refractivity contribution in [1.82, 2.24) is 14.7 Å². The van der Waals surface area contributed by atoms with Gasteiger partial charge in [-0.3, -0.25) is 9.48 Å². The number of carbonyl (C=O) groups excluding carboxylic acids is 1. The van der Waals surface area contributed by atoms with Crippen LogP contribution in [0.3, 0.4) is 0 Å². The van der Waals surface area contributed by atoms with Crippen LogP contribution in [0.4, 0.5) is 0 Å². The van der Waals surface area contributed by atoms with Gasteiger partial charge in [-0.25, -0.2) is 0 Å². The molecular weight excluding hydrogens is 378 g/mol. The van der Waals surface area contributed by atoms with Crippen LogP contribution in [0.25, 0.3) is 11.0 Å². The van der Waals surface area contributed by atoms with Crippen LogP contribution in [-0.2, 0) is 11.3 Å². The van der Waals surface area contributed by atoms with Crippen molar-refractivity contribution in [3.63, 3.8) is 0 Å². The van der Waals surface area contributed by atoms with Gasteiger partial charge in [0.15, 0.2) is 5.69 Å². The molecule has 5 rings (SSSR count). The molecule has 1 amide bonds. The maximum atomic E-state index is 12.7. The molecule has 2 aromatic heterocycles. The second kappa shape index (κ2) is 6.94. The lowest BCUT2D eigenvalue weighted by Crippen LogP contribution is -2.40. The van der Waals surface area contributed by atoms with Gasteiger partial charge >= 0.3 is 0 Å². The highest BCUT2D eigenvalue weighted by Crippen LogP contribution is 2.43. The van der Waals surface area contributed by atoms with Gasteiger partial charge in [0.25, 0.3) is 5.91 Å². The monoisotopic (exact) mass is 399 g/mol. The largest absolute Gasteiger partial charge is 0.460 e. The molecule has 0 atom stereocenters. The minimum atomic E-state index is -0.0459. The van der Waals surface area contributed by atoms with Crippen LogP contribution >= 0.6 is 11.6 Å². The number of nitrogens with zero attached hydrogens (tertiary/aromatic N) is 3. The Hall–Kier alpha value is -2.31. The molecule has 1 aliphatic carbocycles. The van der Waals surface area contributed by atoms with Gasteiger partial charge < -0.3 is 14.1 Å². The molecule has 6 nitrogen and oxygen atoms in total. The molecule has 0 N–H and O–H groups in total. The number of morpholine rings is 1. The van der Waals surface area contributed by atoms with Gasteiger partial charge in [-0.1, -0.05) is 11.6 Å². The van der Waals surface area contributed by atoms with E-state index in [1.54, 1.807) is 4.90 Å². The first-order valence-electron chi connectivity index (χ1n) is 9.72. The zero-order valence-corrected chi connectivity index (χ0v) is 16.5. The lowest BCUT2D eigenvalue weighted by atomic mass is 10.1. The van der Waals surface area contributed by atoms with Crippen molar-refractivity contribution in [2.45, 2.75) is 32.2 Å². The minimum absolute atomic E-state index is 0.0459. The molecular formula is C21H22ClN3O3. The molecule has 1 saturated carbocycles. The summed E-state index contributed by atoms with van der Waals surface area (Å²) in [5, 5.41) is 6.28. The molecule has 3 heterocycles. The number of aromatic nitrogens is 2. The topological polar surface area (TPSA) is 60.5 Å². The van der Waals surface area contributed by atoms with Crippen LogP contribution in [0.15, 0.2) is 28.7 Å². The highest BCUT2D eigenvalue weighted by Gasteiger charge is 2.28. The fraction of sp³-hybridized carbons (Fsp3) is 0.429. The fourth-order valence-corrected chi connectivity index (χ4v) is 4.01. The van der Waals surface area contributed by atoms with E-state index in [2.05, 4.69) is 11.2 Å². The van der Waals surface area contributed by atoms with Gasteiger partial charge in [0.1, 0.15) is 11.3 Å². The Morgan fingerprint density at radius 2 is 2.00 bits per heavy atom. The standard InChI is InChI=1S/C21H22ClN3O3/c1-13-8-18(21(26)24-4-6-27-7-5-24)23-25(13)12-16-10-17(22)9-15-11-19(14-2-3-14)28-20(15)16/h8-11,14H,2-7,12H2,1H3. The summed E-state index contributed by atoms with van der Waals surface area (Å²) < 4.78 is 13.3. The van der Waals surface area contributed by atoms with E-state index >= 15 is 0 Å². The van der Waals surface area contributed by atoms with Crippen molar-refractivity contribution in [3.05, 3.63) is 52.0 Å². The molecule has 7 heteroatoms. The number of hydrogen-bond donors (Lipinski definition) is 0. The summed E-state index contributed by atoms with van der Waals surface area (Å²) >= 11 is 6.35. The number of furan rings is 1. The van der Waals surface area contributed by atoms with E-state index in [1.807, 2.05) is 29.8 Å². The highest BCUT2D eigenvalue weighted by atomic mass is 35.5. The Labute approximate surface area is 168 Å². The number of aryl methyl sites for hydroxylation is 1. The van der Waals surface area contributed by atoms with Crippen molar-refractivity contribution in [3.8, 4) is 0 Å². The average molecular weight is 400 g/mol. The molecule has 1 saturated heterocycles. The zero-order chi connectivity index (χ0) is 19.3. The second-order valence-corrected chi connectivity index (χ2v) is 8.08. The summed E-state index contributed by atoms with van der Waals surface area (Å²) in [6.07, 6.45) is 2.38. The molecule has 0 radical (unpaired) electrons. The third-order valence-corrected chi connectivity index (χ3v) is 5.69. The van der Waals surface area contributed by atoms with Crippen LogP contribution in [0.5, 0.6) is 0 Å². The first kappa shape index (κ1) is 17.8. The molecule has 0 unspecified atom stereocenters. The van der Waals surface area contributed by atoms with Crippen LogP contribution < -0.4 is 0 Å². The van der Waals surface area contributed by atoms with E-state index in [0.717, 1.165) is 28.0 Å². The molecule has 3 aromatic rings. The Morgan fingerprint density at radius 3 is 2.75 bits per heavy atom. The molecule has 146 valence electrons. The van der Waals surface area contributed by atoms with Gasteiger partial charge in [-0.2, -0.15) is 5.10 Å². The summed E-state index contributed by atoms with van der Waals surface area (Å²) in [7, 11) is 0. The lowest BCUT2D eigenvalue weighted by Gasteiger charge is -2.25. The van der Waals surface area contributed by atoms with Crippen molar-refractivity contribution >= 4 is 28.5 Å². The van der Waals surface area contributed by atoms with Gasteiger partial charge in [-0.15, -0.1) is 0 Å². The fourth-order valence-electron chi connectivity index (χ4n) is 3.76. The lowest BCUT2D eigenvalue weighted by molar-refractivity contribution is 0.0298. The minimum Gasteiger partial charge on any atom is -0.460 e. The normalized spacial score (nSPS) is 17.4. The SMILES string of the molecule is Cc1cc(C(=O)N2CCOCC2)nn1Cc1cc(Cl)cc2cc(C3CC3)oc12. The summed E-state index contributed by atoms with van der Waals surface area (Å²) in [6.45, 7) is 4.84. The number of ether oxygens (including phenoxy) is 1. The van der Waals surface area contributed by atoms with Crippen molar-refractivity contribution in [2.24, 2.45) is 0 Å². The zero-order valence-electron chi connectivity index (χ0n) is 15.8. The van der Waals surface area contributed by atoms with Crippen LogP contribution in [0, 0.1) is 6.92 Å². The second-order valence-electron chi connectivity index (χ2n) is 7.64. The van der Waals surface area contributed by atoms with Gasteiger partial charge in [-0.05, 0) is 44.0 Å². The van der Waals surface area contributed by atoms with Crippen LogP contribution in [0.2, 0.25) is 5.02 Å². The number of benzene rings is 1. The number of hydrogen-bond acceptors (Lipinski definition) is 4. The molecule has 2 fully saturated rings. The number of carbonyl (C=O) groups is 1. The molecule has 0 spiro atoms. The van der Waals surface area contributed by atoms with Gasteiger partial charge in [0.2, 0.25) is 0 Å². The van der Waals surface area contributed by atoms with E-state index in [0.29, 0.717) is 49.5 Å². The molecule has 0 bridgehead atoms. The number of fused-ring (bicyclic) bond motifs is 1. The van der Waals surface area contributed by atoms with E-state index in [4.69, 9.17) is 20.8 Å².